The number of aryl methyl sites for hydroxylation is 2. The average molecular weight is 261 g/mol. The van der Waals surface area contributed by atoms with Gasteiger partial charge in [0.15, 0.2) is 0 Å². The molecule has 1 aromatic rings. The maximum absolute atomic E-state index is 11.4. The fourth-order valence-electron chi connectivity index (χ4n) is 1.62. The molecule has 0 fully saturated rings. The van der Waals surface area contributed by atoms with E-state index in [1.807, 2.05) is 32.5 Å². The summed E-state index contributed by atoms with van der Waals surface area (Å²) in [6.45, 7) is 6.28. The van der Waals surface area contributed by atoms with Crippen molar-refractivity contribution < 1.29 is 4.79 Å². The number of hydrogen-bond donors (Lipinski definition) is 2. The van der Waals surface area contributed by atoms with Crippen LogP contribution in [-0.2, 0) is 18.4 Å². The van der Waals surface area contributed by atoms with Crippen LogP contribution in [-0.4, -0.2) is 21.7 Å². The minimum Gasteiger partial charge on any atom is -0.352 e. The Bertz CT molecular complexity index is 387. The van der Waals surface area contributed by atoms with E-state index in [0.717, 1.165) is 17.0 Å². The van der Waals surface area contributed by atoms with Crippen LogP contribution in [0.15, 0.2) is 0 Å². The summed E-state index contributed by atoms with van der Waals surface area (Å²) in [6.07, 6.45) is 0.359. The maximum Gasteiger partial charge on any atom is 0.221 e. The van der Waals surface area contributed by atoms with Crippen LogP contribution in [0, 0.1) is 13.8 Å². The van der Waals surface area contributed by atoms with Gasteiger partial charge in [-0.15, -0.1) is 12.4 Å². The summed E-state index contributed by atoms with van der Waals surface area (Å²) in [5, 5.41) is 7.14. The van der Waals surface area contributed by atoms with E-state index >= 15 is 0 Å². The zero-order chi connectivity index (χ0) is 12.3. The van der Waals surface area contributed by atoms with Crippen molar-refractivity contribution in [1.82, 2.24) is 15.1 Å². The Kier molecular flexibility index (Phi) is 6.20. The normalized spacial score (nSPS) is 11.8. The Morgan fingerprint density at radius 3 is 2.53 bits per heavy atom. The Labute approximate surface area is 108 Å². The van der Waals surface area contributed by atoms with Crippen molar-refractivity contribution in [3.05, 3.63) is 17.0 Å². The van der Waals surface area contributed by atoms with Crippen molar-refractivity contribution in [1.29, 1.82) is 0 Å². The van der Waals surface area contributed by atoms with Crippen molar-refractivity contribution in [2.24, 2.45) is 12.8 Å². The zero-order valence-electron chi connectivity index (χ0n) is 10.8. The molecular formula is C11H21ClN4O. The van der Waals surface area contributed by atoms with E-state index in [1.165, 1.54) is 0 Å². The van der Waals surface area contributed by atoms with E-state index in [-0.39, 0.29) is 24.4 Å². The molecule has 0 aliphatic heterocycles. The second kappa shape index (κ2) is 6.61. The lowest BCUT2D eigenvalue weighted by molar-refractivity contribution is -0.121. The monoisotopic (exact) mass is 260 g/mol. The molecule has 0 aliphatic carbocycles. The molecule has 1 atom stereocenters. The molecule has 0 spiro atoms. The number of rotatable bonds is 4. The van der Waals surface area contributed by atoms with Gasteiger partial charge in [-0.25, -0.2) is 0 Å². The zero-order valence-corrected chi connectivity index (χ0v) is 11.6. The highest BCUT2D eigenvalue weighted by atomic mass is 35.5. The maximum atomic E-state index is 11.4. The van der Waals surface area contributed by atoms with Crippen LogP contribution in [0.1, 0.15) is 30.3 Å². The molecule has 1 rings (SSSR count). The quantitative estimate of drug-likeness (QED) is 0.842. The molecule has 1 heterocycles. The van der Waals surface area contributed by atoms with Gasteiger partial charge in [0, 0.05) is 37.3 Å². The van der Waals surface area contributed by atoms with Crippen molar-refractivity contribution in [2.75, 3.05) is 0 Å². The second-order valence-corrected chi connectivity index (χ2v) is 4.23. The van der Waals surface area contributed by atoms with Crippen molar-refractivity contribution in [3.8, 4) is 0 Å². The number of amides is 1. The van der Waals surface area contributed by atoms with Crippen LogP contribution < -0.4 is 11.1 Å². The summed E-state index contributed by atoms with van der Waals surface area (Å²) < 4.78 is 1.82. The molecule has 1 aromatic heterocycles. The van der Waals surface area contributed by atoms with Crippen molar-refractivity contribution >= 4 is 18.3 Å². The number of carbonyl (C=O) groups excluding carboxylic acids is 1. The van der Waals surface area contributed by atoms with Crippen LogP contribution in [0.3, 0.4) is 0 Å². The summed E-state index contributed by atoms with van der Waals surface area (Å²) in [6, 6.07) is -0.101. The van der Waals surface area contributed by atoms with Gasteiger partial charge < -0.3 is 11.1 Å². The first-order chi connectivity index (χ1) is 7.41. The first-order valence-electron chi connectivity index (χ1n) is 5.43. The summed E-state index contributed by atoms with van der Waals surface area (Å²) in [4.78, 5) is 11.4. The molecule has 5 nitrogen and oxygen atoms in total. The van der Waals surface area contributed by atoms with E-state index in [4.69, 9.17) is 5.73 Å². The van der Waals surface area contributed by atoms with Gasteiger partial charge in [0.2, 0.25) is 5.91 Å². The fraction of sp³-hybridized carbons (Fsp3) is 0.636. The average Bonchev–Trinajstić information content (AvgIpc) is 2.38. The minimum atomic E-state index is -0.101. The molecule has 0 bridgehead atoms. The number of nitrogens with zero attached hydrogens (tertiary/aromatic N) is 2. The molecule has 6 heteroatoms. The first kappa shape index (κ1) is 15.9. The lowest BCUT2D eigenvalue weighted by Crippen LogP contribution is -2.29. The molecule has 0 aromatic carbocycles. The summed E-state index contributed by atoms with van der Waals surface area (Å²) >= 11 is 0. The molecule has 0 saturated carbocycles. The van der Waals surface area contributed by atoms with E-state index in [0.29, 0.717) is 13.0 Å². The van der Waals surface area contributed by atoms with Gasteiger partial charge in [-0.1, -0.05) is 0 Å². The third-order valence-electron chi connectivity index (χ3n) is 2.63. The largest absolute Gasteiger partial charge is 0.352 e. The highest BCUT2D eigenvalue weighted by Crippen LogP contribution is 2.11. The molecule has 1 unspecified atom stereocenters. The number of nitrogens with two attached hydrogens (primary N) is 1. The molecule has 98 valence electrons. The van der Waals surface area contributed by atoms with Gasteiger partial charge in [-0.3, -0.25) is 9.48 Å². The lowest BCUT2D eigenvalue weighted by atomic mass is 10.2. The lowest BCUT2D eigenvalue weighted by Gasteiger charge is -2.07. The predicted octanol–water partition coefficient (Wildman–Crippen LogP) is 0.812. The Balaban J connectivity index is 0.00000256. The van der Waals surface area contributed by atoms with Crippen molar-refractivity contribution in [3.63, 3.8) is 0 Å². The molecule has 3 N–H and O–H groups in total. The number of aromatic nitrogens is 2. The minimum absolute atomic E-state index is 0. The number of carbonyl (C=O) groups is 1. The topological polar surface area (TPSA) is 72.9 Å². The highest BCUT2D eigenvalue weighted by Gasteiger charge is 2.11. The van der Waals surface area contributed by atoms with Gasteiger partial charge in [0.25, 0.3) is 0 Å². The first-order valence-corrected chi connectivity index (χ1v) is 5.43. The van der Waals surface area contributed by atoms with E-state index in [9.17, 15) is 4.79 Å². The molecule has 0 saturated heterocycles. The van der Waals surface area contributed by atoms with Gasteiger partial charge in [0.1, 0.15) is 0 Å². The smallest absolute Gasteiger partial charge is 0.221 e. The number of halogens is 1. The summed E-state index contributed by atoms with van der Waals surface area (Å²) in [7, 11) is 1.90. The number of hydrogen-bond acceptors (Lipinski definition) is 3. The van der Waals surface area contributed by atoms with Gasteiger partial charge in [-0.05, 0) is 20.8 Å². The third-order valence-corrected chi connectivity index (χ3v) is 2.63. The standard InChI is InChI=1S/C11H20N4O.ClH/c1-7(12)5-11(16)13-6-10-8(2)14-15(4)9(10)3;/h7H,5-6,12H2,1-4H3,(H,13,16);1H. The van der Waals surface area contributed by atoms with Crippen LogP contribution in [0.2, 0.25) is 0 Å². The highest BCUT2D eigenvalue weighted by molar-refractivity contribution is 5.85. The van der Waals surface area contributed by atoms with Gasteiger partial charge in [-0.2, -0.15) is 5.10 Å². The van der Waals surface area contributed by atoms with E-state index in [1.54, 1.807) is 0 Å². The fourth-order valence-corrected chi connectivity index (χ4v) is 1.62. The molecule has 0 aliphatic rings. The van der Waals surface area contributed by atoms with Crippen molar-refractivity contribution in [2.45, 2.75) is 39.8 Å². The summed E-state index contributed by atoms with van der Waals surface area (Å²) in [5.41, 5.74) is 8.67. The molecule has 17 heavy (non-hydrogen) atoms. The van der Waals surface area contributed by atoms with E-state index < -0.39 is 0 Å². The molecule has 1 amide bonds. The second-order valence-electron chi connectivity index (χ2n) is 4.23. The van der Waals surface area contributed by atoms with Gasteiger partial charge >= 0.3 is 0 Å². The third kappa shape index (κ3) is 4.36. The molecular weight excluding hydrogens is 240 g/mol. The van der Waals surface area contributed by atoms with Crippen LogP contribution in [0.4, 0.5) is 0 Å². The Hall–Kier alpha value is -1.07. The number of nitrogens with one attached hydrogen (secondary N) is 1. The SMILES string of the molecule is Cc1nn(C)c(C)c1CNC(=O)CC(C)N.Cl. The molecule has 0 radical (unpaired) electrons. The van der Waals surface area contributed by atoms with Crippen LogP contribution >= 0.6 is 12.4 Å². The Morgan fingerprint density at radius 1 is 1.53 bits per heavy atom. The predicted molar refractivity (Wildman–Crippen MR) is 70.0 cm³/mol. The Morgan fingerprint density at radius 2 is 2.12 bits per heavy atom. The van der Waals surface area contributed by atoms with E-state index in [2.05, 4.69) is 10.4 Å². The van der Waals surface area contributed by atoms with Crippen LogP contribution in [0.25, 0.3) is 0 Å². The van der Waals surface area contributed by atoms with Crippen LogP contribution in [0.5, 0.6) is 0 Å². The van der Waals surface area contributed by atoms with Gasteiger partial charge in [0.05, 0.1) is 5.69 Å². The summed E-state index contributed by atoms with van der Waals surface area (Å²) in [5.74, 6) is -0.0161.